The summed E-state index contributed by atoms with van der Waals surface area (Å²) in [7, 11) is 2.19. The number of nitrogens with zero attached hydrogens (tertiary/aromatic N) is 1. The van der Waals surface area contributed by atoms with Gasteiger partial charge < -0.3 is 10.6 Å². The van der Waals surface area contributed by atoms with Gasteiger partial charge in [0, 0.05) is 19.6 Å². The summed E-state index contributed by atoms with van der Waals surface area (Å²) in [5.74, 6) is 0. The van der Waals surface area contributed by atoms with E-state index in [1.807, 2.05) is 0 Å². The zero-order chi connectivity index (χ0) is 12.9. The molecular weight excluding hydrogens is 208 g/mol. The molecule has 0 unspecified atom stereocenters. The Morgan fingerprint density at radius 2 is 1.71 bits per heavy atom. The van der Waals surface area contributed by atoms with E-state index >= 15 is 0 Å². The second kappa shape index (κ2) is 6.18. The average molecular weight is 234 g/mol. The Kier molecular flexibility index (Phi) is 5.16. The van der Waals surface area contributed by atoms with Crippen molar-refractivity contribution in [2.24, 2.45) is 11.1 Å². The zero-order valence-electron chi connectivity index (χ0n) is 11.7. The summed E-state index contributed by atoms with van der Waals surface area (Å²) < 4.78 is 0. The standard InChI is InChI=1S/C15H26N2/c1-15(2,3)12-17(4)10-9-13-7-5-6-8-14(13)11-16/h5-8H,9-12,16H2,1-4H3. The lowest BCUT2D eigenvalue weighted by Crippen LogP contribution is -2.31. The first-order chi connectivity index (χ1) is 7.92. The molecule has 17 heavy (non-hydrogen) atoms. The normalized spacial score (nSPS) is 12.1. The summed E-state index contributed by atoms with van der Waals surface area (Å²) in [4.78, 5) is 2.40. The highest BCUT2D eigenvalue weighted by Gasteiger charge is 2.13. The number of rotatable bonds is 5. The highest BCUT2D eigenvalue weighted by Crippen LogP contribution is 2.15. The van der Waals surface area contributed by atoms with Gasteiger partial charge in [0.05, 0.1) is 0 Å². The van der Waals surface area contributed by atoms with Gasteiger partial charge in [0.1, 0.15) is 0 Å². The van der Waals surface area contributed by atoms with E-state index in [0.717, 1.165) is 19.5 Å². The molecule has 0 amide bonds. The molecule has 0 saturated heterocycles. The number of likely N-dealkylation sites (N-methyl/N-ethyl adjacent to an activating group) is 1. The van der Waals surface area contributed by atoms with Crippen molar-refractivity contribution in [1.29, 1.82) is 0 Å². The summed E-state index contributed by atoms with van der Waals surface area (Å²) in [6.07, 6.45) is 1.08. The average Bonchev–Trinajstić information content (AvgIpc) is 2.24. The Hall–Kier alpha value is -0.860. The van der Waals surface area contributed by atoms with E-state index in [2.05, 4.69) is 57.0 Å². The molecule has 0 fully saturated rings. The van der Waals surface area contributed by atoms with Crippen molar-refractivity contribution < 1.29 is 0 Å². The van der Waals surface area contributed by atoms with Crippen molar-refractivity contribution in [3.63, 3.8) is 0 Å². The van der Waals surface area contributed by atoms with Crippen LogP contribution in [-0.2, 0) is 13.0 Å². The van der Waals surface area contributed by atoms with Gasteiger partial charge in [-0.2, -0.15) is 0 Å². The Labute approximate surface area is 106 Å². The van der Waals surface area contributed by atoms with E-state index in [0.29, 0.717) is 12.0 Å². The molecule has 0 bridgehead atoms. The summed E-state index contributed by atoms with van der Waals surface area (Å²) in [5.41, 5.74) is 8.77. The third-order valence-electron chi connectivity index (χ3n) is 2.85. The van der Waals surface area contributed by atoms with E-state index < -0.39 is 0 Å². The maximum absolute atomic E-state index is 5.75. The van der Waals surface area contributed by atoms with Gasteiger partial charge in [0.15, 0.2) is 0 Å². The Bertz CT molecular complexity index is 339. The molecule has 0 aromatic heterocycles. The molecule has 0 heterocycles. The van der Waals surface area contributed by atoms with Gasteiger partial charge >= 0.3 is 0 Å². The van der Waals surface area contributed by atoms with Crippen LogP contribution in [0, 0.1) is 5.41 Å². The fourth-order valence-electron chi connectivity index (χ4n) is 2.20. The van der Waals surface area contributed by atoms with E-state index in [-0.39, 0.29) is 0 Å². The predicted molar refractivity (Wildman–Crippen MR) is 75.0 cm³/mol. The monoisotopic (exact) mass is 234 g/mol. The maximum atomic E-state index is 5.75. The lowest BCUT2D eigenvalue weighted by molar-refractivity contribution is 0.229. The lowest BCUT2D eigenvalue weighted by Gasteiger charge is -2.26. The van der Waals surface area contributed by atoms with Crippen LogP contribution in [0.3, 0.4) is 0 Å². The van der Waals surface area contributed by atoms with Crippen LogP contribution in [0.1, 0.15) is 31.9 Å². The first-order valence-corrected chi connectivity index (χ1v) is 6.38. The molecule has 2 N–H and O–H groups in total. The third-order valence-corrected chi connectivity index (χ3v) is 2.85. The largest absolute Gasteiger partial charge is 0.326 e. The molecule has 2 heteroatoms. The van der Waals surface area contributed by atoms with E-state index in [1.54, 1.807) is 0 Å². The molecule has 0 aliphatic carbocycles. The van der Waals surface area contributed by atoms with Gasteiger partial charge in [-0.25, -0.2) is 0 Å². The van der Waals surface area contributed by atoms with Gasteiger partial charge in [-0.1, -0.05) is 45.0 Å². The smallest absolute Gasteiger partial charge is 0.0180 e. The van der Waals surface area contributed by atoms with E-state index in [9.17, 15) is 0 Å². The van der Waals surface area contributed by atoms with Gasteiger partial charge in [-0.05, 0) is 30.0 Å². The van der Waals surface area contributed by atoms with Crippen LogP contribution in [0.5, 0.6) is 0 Å². The molecule has 0 atom stereocenters. The molecule has 1 aromatic rings. The summed E-state index contributed by atoms with van der Waals surface area (Å²) in [6.45, 7) is 9.68. The van der Waals surface area contributed by atoms with E-state index in [4.69, 9.17) is 5.73 Å². The second-order valence-electron chi connectivity index (χ2n) is 6.02. The second-order valence-corrected chi connectivity index (χ2v) is 6.02. The van der Waals surface area contributed by atoms with Crippen LogP contribution < -0.4 is 5.73 Å². The van der Waals surface area contributed by atoms with Gasteiger partial charge in [-0.3, -0.25) is 0 Å². The molecular formula is C15H26N2. The summed E-state index contributed by atoms with van der Waals surface area (Å²) in [5, 5.41) is 0. The fraction of sp³-hybridized carbons (Fsp3) is 0.600. The predicted octanol–water partition coefficient (Wildman–Crippen LogP) is 2.67. The first kappa shape index (κ1) is 14.2. The number of hydrogen-bond acceptors (Lipinski definition) is 2. The van der Waals surface area contributed by atoms with Crippen molar-refractivity contribution in [1.82, 2.24) is 4.90 Å². The number of benzene rings is 1. The highest BCUT2D eigenvalue weighted by molar-refractivity contribution is 5.27. The highest BCUT2D eigenvalue weighted by atomic mass is 15.1. The third kappa shape index (κ3) is 5.33. The van der Waals surface area contributed by atoms with Gasteiger partial charge in [-0.15, -0.1) is 0 Å². The summed E-state index contributed by atoms with van der Waals surface area (Å²) >= 11 is 0. The minimum absolute atomic E-state index is 0.363. The SMILES string of the molecule is CN(CCc1ccccc1CN)CC(C)(C)C. The van der Waals surface area contributed by atoms with Crippen LogP contribution in [-0.4, -0.2) is 25.0 Å². The number of hydrogen-bond donors (Lipinski definition) is 1. The van der Waals surface area contributed by atoms with Crippen molar-refractivity contribution in [3.8, 4) is 0 Å². The molecule has 96 valence electrons. The van der Waals surface area contributed by atoms with Crippen LogP contribution in [0.15, 0.2) is 24.3 Å². The summed E-state index contributed by atoms with van der Waals surface area (Å²) in [6, 6.07) is 8.47. The fourth-order valence-corrected chi connectivity index (χ4v) is 2.20. The lowest BCUT2D eigenvalue weighted by atomic mass is 9.96. The van der Waals surface area contributed by atoms with Crippen LogP contribution in [0.4, 0.5) is 0 Å². The van der Waals surface area contributed by atoms with Crippen molar-refractivity contribution >= 4 is 0 Å². The number of nitrogens with two attached hydrogens (primary N) is 1. The Morgan fingerprint density at radius 1 is 1.12 bits per heavy atom. The molecule has 0 aliphatic rings. The maximum Gasteiger partial charge on any atom is 0.0180 e. The molecule has 0 saturated carbocycles. The topological polar surface area (TPSA) is 29.3 Å². The van der Waals surface area contributed by atoms with Crippen LogP contribution in [0.2, 0.25) is 0 Å². The molecule has 1 rings (SSSR count). The molecule has 1 aromatic carbocycles. The minimum atomic E-state index is 0.363. The van der Waals surface area contributed by atoms with Crippen LogP contribution >= 0.6 is 0 Å². The Balaban J connectivity index is 2.50. The first-order valence-electron chi connectivity index (χ1n) is 6.38. The Morgan fingerprint density at radius 3 is 2.24 bits per heavy atom. The van der Waals surface area contributed by atoms with E-state index in [1.165, 1.54) is 11.1 Å². The van der Waals surface area contributed by atoms with Crippen molar-refractivity contribution in [2.45, 2.75) is 33.7 Å². The van der Waals surface area contributed by atoms with Crippen LogP contribution in [0.25, 0.3) is 0 Å². The zero-order valence-corrected chi connectivity index (χ0v) is 11.7. The minimum Gasteiger partial charge on any atom is -0.326 e. The van der Waals surface area contributed by atoms with Crippen molar-refractivity contribution in [3.05, 3.63) is 35.4 Å². The molecule has 0 spiro atoms. The quantitative estimate of drug-likeness (QED) is 0.848. The molecule has 0 aliphatic heterocycles. The van der Waals surface area contributed by atoms with Crippen molar-refractivity contribution in [2.75, 3.05) is 20.1 Å². The molecule has 2 nitrogen and oxygen atoms in total. The molecule has 0 radical (unpaired) electrons. The van der Waals surface area contributed by atoms with Gasteiger partial charge in [0.2, 0.25) is 0 Å². The van der Waals surface area contributed by atoms with Gasteiger partial charge in [0.25, 0.3) is 0 Å².